The van der Waals surface area contributed by atoms with Crippen molar-refractivity contribution in [2.45, 2.75) is 29.9 Å². The highest BCUT2D eigenvalue weighted by molar-refractivity contribution is 8.00. The largest absolute Gasteiger partial charge is 0.452 e. The quantitative estimate of drug-likeness (QED) is 0.399. The summed E-state index contributed by atoms with van der Waals surface area (Å²) in [7, 11) is 0. The van der Waals surface area contributed by atoms with E-state index < -0.39 is 5.97 Å². The molecule has 0 radical (unpaired) electrons. The Bertz CT molecular complexity index is 999. The number of hydrogen-bond donors (Lipinski definition) is 0. The number of thiazole rings is 1. The monoisotopic (exact) mass is 440 g/mol. The molecule has 0 saturated carbocycles. The van der Waals surface area contributed by atoms with E-state index in [0.717, 1.165) is 47.1 Å². The van der Waals surface area contributed by atoms with Crippen LogP contribution in [-0.4, -0.2) is 41.5 Å². The smallest absolute Gasteiger partial charge is 0.338 e. The number of hydrogen-bond acceptors (Lipinski definition) is 6. The number of fused-ring (bicyclic) bond motifs is 1. The number of piperidine rings is 1. The number of ether oxygens (including phenoxy) is 1. The van der Waals surface area contributed by atoms with Gasteiger partial charge in [0.1, 0.15) is 0 Å². The van der Waals surface area contributed by atoms with Crippen LogP contribution in [0.5, 0.6) is 0 Å². The molecule has 2 aromatic carbocycles. The lowest BCUT2D eigenvalue weighted by Crippen LogP contribution is -2.41. The van der Waals surface area contributed by atoms with Crippen LogP contribution >= 0.6 is 23.1 Å². The molecule has 1 unspecified atom stereocenters. The number of benzene rings is 2. The summed E-state index contributed by atoms with van der Waals surface area (Å²) >= 11 is 3.37. The summed E-state index contributed by atoms with van der Waals surface area (Å²) in [4.78, 5) is 31.0. The second-order valence-corrected chi connectivity index (χ2v) is 9.85. The molecule has 7 heteroatoms. The van der Waals surface area contributed by atoms with Crippen LogP contribution in [0, 0.1) is 5.92 Å². The van der Waals surface area contributed by atoms with Crippen LogP contribution in [-0.2, 0) is 15.3 Å². The van der Waals surface area contributed by atoms with Gasteiger partial charge in [0.25, 0.3) is 5.91 Å². The van der Waals surface area contributed by atoms with Gasteiger partial charge >= 0.3 is 5.97 Å². The molecule has 5 nitrogen and oxygen atoms in total. The van der Waals surface area contributed by atoms with E-state index >= 15 is 0 Å². The zero-order valence-corrected chi connectivity index (χ0v) is 18.5. The normalized spacial score (nSPS) is 16.6. The summed E-state index contributed by atoms with van der Waals surface area (Å²) in [5.74, 6) is 0.713. The van der Waals surface area contributed by atoms with Gasteiger partial charge in [-0.3, -0.25) is 4.79 Å². The first-order valence-corrected chi connectivity index (χ1v) is 11.9. The lowest BCUT2D eigenvalue weighted by molar-refractivity contribution is -0.136. The summed E-state index contributed by atoms with van der Waals surface area (Å²) in [6, 6.07) is 15.5. The van der Waals surface area contributed by atoms with Crippen molar-refractivity contribution in [3.05, 3.63) is 59.7 Å². The molecule has 4 rings (SSSR count). The second kappa shape index (κ2) is 9.62. The van der Waals surface area contributed by atoms with Gasteiger partial charge < -0.3 is 9.64 Å². The van der Waals surface area contributed by atoms with E-state index in [2.05, 4.69) is 18.0 Å². The van der Waals surface area contributed by atoms with Crippen LogP contribution in [0.3, 0.4) is 0 Å². The van der Waals surface area contributed by atoms with E-state index in [1.165, 1.54) is 4.70 Å². The van der Waals surface area contributed by atoms with Crippen molar-refractivity contribution in [2.75, 3.05) is 19.7 Å². The molecule has 1 amide bonds. The minimum atomic E-state index is -0.459. The molecule has 3 aromatic rings. The highest BCUT2D eigenvalue weighted by atomic mass is 32.2. The summed E-state index contributed by atoms with van der Waals surface area (Å²) in [6.45, 7) is 3.45. The van der Waals surface area contributed by atoms with Crippen LogP contribution in [0.15, 0.2) is 52.9 Å². The van der Waals surface area contributed by atoms with E-state index in [-0.39, 0.29) is 12.5 Å². The fraction of sp³-hybridized carbons (Fsp3) is 0.348. The highest BCUT2D eigenvalue weighted by Gasteiger charge is 2.22. The Balaban J connectivity index is 1.27. The number of nitrogens with zero attached hydrogens (tertiary/aromatic N) is 2. The Kier molecular flexibility index (Phi) is 6.69. The van der Waals surface area contributed by atoms with Gasteiger partial charge in [0.2, 0.25) is 0 Å². The summed E-state index contributed by atoms with van der Waals surface area (Å²) in [5, 5.41) is 0. The maximum absolute atomic E-state index is 12.3. The number of esters is 1. The maximum Gasteiger partial charge on any atom is 0.338 e. The Labute approximate surface area is 184 Å². The van der Waals surface area contributed by atoms with E-state index in [1.54, 1.807) is 40.1 Å². The maximum atomic E-state index is 12.3. The van der Waals surface area contributed by atoms with Gasteiger partial charge in [0.05, 0.1) is 15.8 Å². The Hall–Kier alpha value is -2.38. The first-order chi connectivity index (χ1) is 14.6. The van der Waals surface area contributed by atoms with Crippen LogP contribution in [0.4, 0.5) is 0 Å². The van der Waals surface area contributed by atoms with E-state index in [4.69, 9.17) is 4.74 Å². The fourth-order valence-corrected chi connectivity index (χ4v) is 5.54. The molecular weight excluding hydrogens is 416 g/mol. The molecule has 0 spiro atoms. The third-order valence-electron chi connectivity index (χ3n) is 5.16. The fourth-order valence-electron chi connectivity index (χ4n) is 3.51. The number of aromatic nitrogens is 1. The van der Waals surface area contributed by atoms with Gasteiger partial charge in [0, 0.05) is 18.8 Å². The summed E-state index contributed by atoms with van der Waals surface area (Å²) in [5.41, 5.74) is 2.59. The third-order valence-corrected chi connectivity index (χ3v) is 7.41. The molecule has 1 aliphatic heterocycles. The predicted octanol–water partition coefficient (Wildman–Crippen LogP) is 5.00. The number of thioether (sulfide) groups is 1. The predicted molar refractivity (Wildman–Crippen MR) is 121 cm³/mol. The average molecular weight is 441 g/mol. The van der Waals surface area contributed by atoms with Crippen molar-refractivity contribution in [1.82, 2.24) is 9.88 Å². The van der Waals surface area contributed by atoms with Gasteiger partial charge in [0.15, 0.2) is 10.9 Å². The Morgan fingerprint density at radius 2 is 2.00 bits per heavy atom. The van der Waals surface area contributed by atoms with Gasteiger partial charge in [-0.15, -0.1) is 11.3 Å². The first-order valence-electron chi connectivity index (χ1n) is 10.1. The van der Waals surface area contributed by atoms with Gasteiger partial charge in [-0.1, -0.05) is 43.0 Å². The van der Waals surface area contributed by atoms with Gasteiger partial charge in [-0.25, -0.2) is 9.78 Å². The Morgan fingerprint density at radius 3 is 2.77 bits per heavy atom. The molecule has 30 heavy (non-hydrogen) atoms. The van der Waals surface area contributed by atoms with Crippen molar-refractivity contribution in [2.24, 2.45) is 5.92 Å². The molecule has 156 valence electrons. The Morgan fingerprint density at radius 1 is 1.20 bits per heavy atom. The number of rotatable bonds is 6. The molecule has 1 fully saturated rings. The molecule has 0 N–H and O–H groups in total. The second-order valence-electron chi connectivity index (χ2n) is 7.60. The standard InChI is InChI=1S/C23H24N2O3S2/c1-16-5-4-12-25(13-16)21(26)14-28-22(27)18-10-8-17(9-11-18)15-29-23-24-19-6-2-3-7-20(19)30-23/h2-3,6-11,16H,4-5,12-15H2,1H3. The highest BCUT2D eigenvalue weighted by Crippen LogP contribution is 2.31. The van der Waals surface area contributed by atoms with Crippen molar-refractivity contribution in [1.29, 1.82) is 0 Å². The van der Waals surface area contributed by atoms with E-state index in [0.29, 0.717) is 11.5 Å². The van der Waals surface area contributed by atoms with Gasteiger partial charge in [-0.2, -0.15) is 0 Å². The van der Waals surface area contributed by atoms with Crippen LogP contribution < -0.4 is 0 Å². The molecular formula is C23H24N2O3S2. The van der Waals surface area contributed by atoms with Crippen LogP contribution in [0.2, 0.25) is 0 Å². The van der Waals surface area contributed by atoms with Crippen LogP contribution in [0.1, 0.15) is 35.7 Å². The zero-order chi connectivity index (χ0) is 20.9. The number of para-hydroxylation sites is 1. The van der Waals surface area contributed by atoms with Crippen molar-refractivity contribution in [3.8, 4) is 0 Å². The molecule has 1 aromatic heterocycles. The van der Waals surface area contributed by atoms with Crippen molar-refractivity contribution < 1.29 is 14.3 Å². The average Bonchev–Trinajstić information content (AvgIpc) is 3.19. The number of carbonyl (C=O) groups excluding carboxylic acids is 2. The number of amides is 1. The minimum Gasteiger partial charge on any atom is -0.452 e. The van der Waals surface area contributed by atoms with Crippen molar-refractivity contribution in [3.63, 3.8) is 0 Å². The first kappa shape index (κ1) is 20.9. The molecule has 0 aliphatic carbocycles. The number of likely N-dealkylation sites (tertiary alicyclic amines) is 1. The summed E-state index contributed by atoms with van der Waals surface area (Å²) < 4.78 is 7.46. The molecule has 2 heterocycles. The molecule has 1 aliphatic rings. The molecule has 1 saturated heterocycles. The van der Waals surface area contributed by atoms with Crippen LogP contribution in [0.25, 0.3) is 10.2 Å². The van der Waals surface area contributed by atoms with Gasteiger partial charge in [-0.05, 0) is 48.6 Å². The van der Waals surface area contributed by atoms with Crippen molar-refractivity contribution >= 4 is 45.2 Å². The summed E-state index contributed by atoms with van der Waals surface area (Å²) in [6.07, 6.45) is 2.16. The lowest BCUT2D eigenvalue weighted by Gasteiger charge is -2.30. The van der Waals surface area contributed by atoms with E-state index in [1.807, 2.05) is 30.3 Å². The lowest BCUT2D eigenvalue weighted by atomic mass is 10.0. The topological polar surface area (TPSA) is 59.5 Å². The minimum absolute atomic E-state index is 0.112. The number of carbonyl (C=O) groups is 2. The SMILES string of the molecule is CC1CCCN(C(=O)COC(=O)c2ccc(CSc3nc4ccccc4s3)cc2)C1. The third kappa shape index (κ3) is 5.21. The van der Waals surface area contributed by atoms with E-state index in [9.17, 15) is 9.59 Å². The zero-order valence-electron chi connectivity index (χ0n) is 16.9. The molecule has 1 atom stereocenters. The molecule has 0 bridgehead atoms.